The van der Waals surface area contributed by atoms with E-state index < -0.39 is 23.7 Å². The number of alkyl carbamates (subject to hydrolysis) is 1. The van der Waals surface area contributed by atoms with Gasteiger partial charge in [-0.25, -0.2) is 19.6 Å². The molecule has 0 aliphatic heterocycles. The van der Waals surface area contributed by atoms with Crippen molar-refractivity contribution in [3.8, 4) is 22.4 Å². The Morgan fingerprint density at radius 1 is 0.900 bits per heavy atom. The van der Waals surface area contributed by atoms with E-state index in [-0.39, 0.29) is 18.9 Å². The maximum atomic E-state index is 13.3. The van der Waals surface area contributed by atoms with Gasteiger partial charge in [0.1, 0.15) is 24.6 Å². The summed E-state index contributed by atoms with van der Waals surface area (Å²) >= 11 is 0. The minimum absolute atomic E-state index is 0.0895. The molecule has 40 heavy (non-hydrogen) atoms. The van der Waals surface area contributed by atoms with Crippen LogP contribution in [0.2, 0.25) is 0 Å². The largest absolute Gasteiger partial charge is 0.458 e. The molecule has 4 aromatic rings. The average molecular weight is 536 g/mol. The molecule has 0 radical (unpaired) electrons. The number of rotatable bonds is 7. The monoisotopic (exact) mass is 535 g/mol. The molecule has 1 aliphatic carbocycles. The average Bonchev–Trinajstić information content (AvgIpc) is 3.25. The smallest absolute Gasteiger partial charge is 0.407 e. The van der Waals surface area contributed by atoms with Gasteiger partial charge in [0.25, 0.3) is 0 Å². The summed E-state index contributed by atoms with van der Waals surface area (Å²) in [4.78, 5) is 35.1. The molecular weight excluding hydrogens is 502 g/mol. The zero-order valence-corrected chi connectivity index (χ0v) is 23.2. The van der Waals surface area contributed by atoms with Crippen LogP contribution in [-0.2, 0) is 20.7 Å². The van der Waals surface area contributed by atoms with E-state index in [0.717, 1.165) is 33.4 Å². The molecule has 0 saturated carbocycles. The highest BCUT2D eigenvalue weighted by Crippen LogP contribution is 2.44. The van der Waals surface area contributed by atoms with Crippen LogP contribution in [0.5, 0.6) is 0 Å². The predicted molar refractivity (Wildman–Crippen MR) is 154 cm³/mol. The molecule has 0 spiro atoms. The number of fused-ring (bicyclic) bond motifs is 3. The molecule has 5 rings (SSSR count). The zero-order chi connectivity index (χ0) is 28.3. The van der Waals surface area contributed by atoms with Gasteiger partial charge in [0, 0.05) is 24.1 Å². The summed E-state index contributed by atoms with van der Waals surface area (Å²) in [6.07, 6.45) is 2.61. The van der Waals surface area contributed by atoms with E-state index in [0.29, 0.717) is 11.3 Å². The Morgan fingerprint density at radius 2 is 1.50 bits per heavy atom. The molecule has 1 amide bonds. The van der Waals surface area contributed by atoms with Crippen molar-refractivity contribution in [2.24, 2.45) is 0 Å². The second-order valence-electron chi connectivity index (χ2n) is 11.0. The Kier molecular flexibility index (Phi) is 7.65. The Morgan fingerprint density at radius 3 is 2.12 bits per heavy atom. The van der Waals surface area contributed by atoms with Crippen LogP contribution >= 0.6 is 0 Å². The number of benzene rings is 3. The normalized spacial score (nSPS) is 13.2. The van der Waals surface area contributed by atoms with Crippen molar-refractivity contribution in [3.63, 3.8) is 0 Å². The molecule has 7 heteroatoms. The molecule has 0 saturated heterocycles. The summed E-state index contributed by atoms with van der Waals surface area (Å²) < 4.78 is 11.4. The summed E-state index contributed by atoms with van der Waals surface area (Å²) in [5, 5.41) is 2.76. The first-order valence-electron chi connectivity index (χ1n) is 13.4. The van der Waals surface area contributed by atoms with Crippen molar-refractivity contribution in [3.05, 3.63) is 108 Å². The molecule has 1 aliphatic rings. The molecule has 1 atom stereocenters. The molecule has 1 aromatic heterocycles. The fourth-order valence-corrected chi connectivity index (χ4v) is 5.16. The molecule has 3 aromatic carbocycles. The maximum absolute atomic E-state index is 13.3. The number of aromatic nitrogens is 2. The number of carbonyl (C=O) groups is 2. The van der Waals surface area contributed by atoms with E-state index >= 15 is 0 Å². The first kappa shape index (κ1) is 27.1. The number of hydrogen-bond donors (Lipinski definition) is 1. The lowest BCUT2D eigenvalue weighted by atomic mass is 9.98. The van der Waals surface area contributed by atoms with Gasteiger partial charge >= 0.3 is 12.1 Å². The number of nitrogens with zero attached hydrogens (tertiary/aromatic N) is 2. The van der Waals surface area contributed by atoms with E-state index in [1.807, 2.05) is 55.5 Å². The number of ether oxygens (including phenoxy) is 2. The number of esters is 1. The van der Waals surface area contributed by atoms with Gasteiger partial charge in [-0.1, -0.05) is 72.8 Å². The van der Waals surface area contributed by atoms with Crippen molar-refractivity contribution in [1.82, 2.24) is 15.3 Å². The third-order valence-corrected chi connectivity index (χ3v) is 6.94. The molecule has 1 N–H and O–H groups in total. The van der Waals surface area contributed by atoms with Crippen LogP contribution in [0, 0.1) is 6.92 Å². The summed E-state index contributed by atoms with van der Waals surface area (Å²) in [5.74, 6) is -0.645. The topological polar surface area (TPSA) is 90.4 Å². The number of aryl methyl sites for hydroxylation is 1. The summed E-state index contributed by atoms with van der Waals surface area (Å²) in [6, 6.07) is 23.2. The van der Waals surface area contributed by atoms with Crippen LogP contribution in [0.1, 0.15) is 48.9 Å². The van der Waals surface area contributed by atoms with Crippen LogP contribution in [-0.4, -0.2) is 40.3 Å². The van der Waals surface area contributed by atoms with Gasteiger partial charge in [-0.3, -0.25) is 0 Å². The van der Waals surface area contributed by atoms with Crippen molar-refractivity contribution >= 4 is 12.1 Å². The molecule has 0 fully saturated rings. The summed E-state index contributed by atoms with van der Waals surface area (Å²) in [7, 11) is 0. The van der Waals surface area contributed by atoms with Gasteiger partial charge < -0.3 is 14.8 Å². The molecule has 0 unspecified atom stereocenters. The highest BCUT2D eigenvalue weighted by molar-refractivity contribution is 5.83. The minimum atomic E-state index is -0.997. The fourth-order valence-electron chi connectivity index (χ4n) is 5.16. The van der Waals surface area contributed by atoms with Crippen molar-refractivity contribution in [1.29, 1.82) is 0 Å². The van der Waals surface area contributed by atoms with Crippen molar-refractivity contribution in [2.45, 2.75) is 51.7 Å². The van der Waals surface area contributed by atoms with Crippen LogP contribution in [0.4, 0.5) is 4.79 Å². The third-order valence-electron chi connectivity index (χ3n) is 6.94. The van der Waals surface area contributed by atoms with Crippen LogP contribution in [0.25, 0.3) is 22.4 Å². The van der Waals surface area contributed by atoms with Crippen LogP contribution in [0.15, 0.2) is 85.3 Å². The van der Waals surface area contributed by atoms with Crippen LogP contribution in [0.3, 0.4) is 0 Å². The Bertz CT molecular complexity index is 1500. The van der Waals surface area contributed by atoms with Gasteiger partial charge in [0.15, 0.2) is 0 Å². The van der Waals surface area contributed by atoms with E-state index in [9.17, 15) is 9.59 Å². The highest BCUT2D eigenvalue weighted by Gasteiger charge is 2.31. The van der Waals surface area contributed by atoms with Gasteiger partial charge in [0.2, 0.25) is 0 Å². The van der Waals surface area contributed by atoms with Gasteiger partial charge in [-0.2, -0.15) is 0 Å². The Labute approximate surface area is 234 Å². The number of amides is 1. The second kappa shape index (κ2) is 11.3. The molecule has 7 nitrogen and oxygen atoms in total. The molecule has 1 heterocycles. The van der Waals surface area contributed by atoms with E-state index in [4.69, 9.17) is 9.47 Å². The Balaban J connectivity index is 1.36. The molecule has 204 valence electrons. The fraction of sp³-hybridized carbons (Fsp3) is 0.273. The number of hydrogen-bond acceptors (Lipinski definition) is 6. The molecule has 0 bridgehead atoms. The SMILES string of the molecule is Cc1ccccc1-c1ncncc1C[C@H](NC(=O)OCC1c2ccccc2-c2ccccc21)C(=O)OC(C)(C)C. The lowest BCUT2D eigenvalue weighted by Crippen LogP contribution is -2.46. The molecular formula is C33H33N3O4. The maximum Gasteiger partial charge on any atom is 0.407 e. The quantitative estimate of drug-likeness (QED) is 0.282. The van der Waals surface area contributed by atoms with Crippen molar-refractivity contribution < 1.29 is 19.1 Å². The van der Waals surface area contributed by atoms with E-state index in [1.165, 1.54) is 6.33 Å². The lowest BCUT2D eigenvalue weighted by molar-refractivity contribution is -0.157. The van der Waals surface area contributed by atoms with E-state index in [1.54, 1.807) is 27.0 Å². The number of nitrogens with one attached hydrogen (secondary N) is 1. The number of carbonyl (C=O) groups excluding carboxylic acids is 2. The lowest BCUT2D eigenvalue weighted by Gasteiger charge is -2.25. The van der Waals surface area contributed by atoms with E-state index in [2.05, 4.69) is 39.6 Å². The first-order valence-corrected chi connectivity index (χ1v) is 13.4. The summed E-state index contributed by atoms with van der Waals surface area (Å²) in [5.41, 5.74) is 7.18. The highest BCUT2D eigenvalue weighted by atomic mass is 16.6. The summed E-state index contributed by atoms with van der Waals surface area (Å²) in [6.45, 7) is 7.52. The van der Waals surface area contributed by atoms with Gasteiger partial charge in [-0.15, -0.1) is 0 Å². The first-order chi connectivity index (χ1) is 19.2. The zero-order valence-electron chi connectivity index (χ0n) is 23.2. The standard InChI is InChI=1S/C33H33N3O4/c1-21-11-5-6-12-23(21)30-22(18-34-20-35-30)17-29(31(37)40-33(2,3)4)36-32(38)39-19-28-26-15-9-7-13-24(26)25-14-8-10-16-27(25)28/h5-16,18,20,28-29H,17,19H2,1-4H3,(H,36,38)/t29-/m0/s1. The van der Waals surface area contributed by atoms with Gasteiger partial charge in [0.05, 0.1) is 5.69 Å². The van der Waals surface area contributed by atoms with Gasteiger partial charge in [-0.05, 0) is 61.1 Å². The third kappa shape index (κ3) is 5.88. The van der Waals surface area contributed by atoms with Crippen LogP contribution < -0.4 is 5.32 Å². The Hall–Kier alpha value is -4.52. The van der Waals surface area contributed by atoms with Crippen molar-refractivity contribution in [2.75, 3.05) is 6.61 Å². The predicted octanol–water partition coefficient (Wildman–Crippen LogP) is 6.24. The minimum Gasteiger partial charge on any atom is -0.458 e. The second-order valence-corrected chi connectivity index (χ2v) is 11.0.